The molecule has 2 aliphatic carbocycles. The fourth-order valence-corrected chi connectivity index (χ4v) is 6.25. The zero-order valence-electron chi connectivity index (χ0n) is 22.5. The number of nitriles is 1. The Kier molecular flexibility index (Phi) is 10.5. The lowest BCUT2D eigenvalue weighted by Gasteiger charge is -2.32. The van der Waals surface area contributed by atoms with Crippen LogP contribution in [0, 0.1) is 11.3 Å². The molecule has 1 atom stereocenters. The van der Waals surface area contributed by atoms with Crippen molar-refractivity contribution in [1.29, 1.82) is 5.26 Å². The van der Waals surface area contributed by atoms with Gasteiger partial charge in [-0.15, -0.1) is 0 Å². The van der Waals surface area contributed by atoms with E-state index in [0.717, 1.165) is 74.7 Å². The minimum atomic E-state index is -1.28. The second kappa shape index (κ2) is 13.3. The zero-order valence-corrected chi connectivity index (χ0v) is 22.5. The van der Waals surface area contributed by atoms with Gasteiger partial charge >= 0.3 is 0 Å². The Bertz CT molecular complexity index is 929. The first-order chi connectivity index (χ1) is 17.4. The third-order valence-electron chi connectivity index (χ3n) is 8.31. The molecule has 4 rings (SSSR count). The van der Waals surface area contributed by atoms with E-state index in [4.69, 9.17) is 5.26 Å². The largest absolute Gasteiger partial charge is 0.301 e. The summed E-state index contributed by atoms with van der Waals surface area (Å²) in [6.07, 6.45) is 8.76. The van der Waals surface area contributed by atoms with E-state index >= 15 is 8.78 Å². The first-order valence-corrected chi connectivity index (χ1v) is 14.0. The van der Waals surface area contributed by atoms with E-state index in [1.807, 2.05) is 18.2 Å². The Morgan fingerprint density at radius 3 is 1.83 bits per heavy atom. The molecule has 0 radical (unpaired) electrons. The van der Waals surface area contributed by atoms with Gasteiger partial charge in [-0.2, -0.15) is 5.26 Å². The predicted molar refractivity (Wildman–Crippen MR) is 145 cm³/mol. The van der Waals surface area contributed by atoms with Crippen LogP contribution in [0.15, 0.2) is 48.5 Å². The van der Waals surface area contributed by atoms with Crippen molar-refractivity contribution in [3.05, 3.63) is 70.8 Å². The molecule has 0 aliphatic heterocycles. The first-order valence-electron chi connectivity index (χ1n) is 14.0. The zero-order chi connectivity index (χ0) is 26.0. The van der Waals surface area contributed by atoms with Crippen molar-refractivity contribution in [3.63, 3.8) is 0 Å². The summed E-state index contributed by atoms with van der Waals surface area (Å²) in [5.41, 5.74) is 1.37. The lowest BCUT2D eigenvalue weighted by molar-refractivity contribution is 0.161. The summed E-state index contributed by atoms with van der Waals surface area (Å²) in [6.45, 7) is 7.92. The van der Waals surface area contributed by atoms with Crippen molar-refractivity contribution in [3.8, 4) is 6.07 Å². The van der Waals surface area contributed by atoms with E-state index in [0.29, 0.717) is 31.7 Å². The summed E-state index contributed by atoms with van der Waals surface area (Å²) in [6, 6.07) is 18.6. The van der Waals surface area contributed by atoms with Crippen molar-refractivity contribution in [2.24, 2.45) is 0 Å². The Morgan fingerprint density at radius 2 is 1.36 bits per heavy atom. The summed E-state index contributed by atoms with van der Waals surface area (Å²) in [7, 11) is 0. The van der Waals surface area contributed by atoms with Crippen molar-refractivity contribution in [2.75, 3.05) is 13.1 Å². The van der Waals surface area contributed by atoms with Crippen molar-refractivity contribution < 1.29 is 8.78 Å². The molecule has 0 bridgehead atoms. The van der Waals surface area contributed by atoms with E-state index in [-0.39, 0.29) is 0 Å². The Morgan fingerprint density at radius 1 is 0.861 bits per heavy atom. The highest BCUT2D eigenvalue weighted by Crippen LogP contribution is 2.49. The van der Waals surface area contributed by atoms with Crippen LogP contribution in [0.3, 0.4) is 0 Å². The SMILES string of the molecule is CC#N.CCN(CCc1ccccc1)C(C)CCc1c(C2(F)CCCC2)cccc1C1(F)CCCC1. The van der Waals surface area contributed by atoms with E-state index in [1.165, 1.54) is 12.5 Å². The maximum atomic E-state index is 16.0. The second-order valence-corrected chi connectivity index (χ2v) is 10.7. The topological polar surface area (TPSA) is 27.0 Å². The number of halogens is 2. The molecule has 36 heavy (non-hydrogen) atoms. The Balaban J connectivity index is 0.00000115. The molecule has 0 aromatic heterocycles. The van der Waals surface area contributed by atoms with Gasteiger partial charge in [0, 0.05) is 19.5 Å². The molecule has 2 aromatic rings. The molecule has 2 aromatic carbocycles. The molecule has 0 heterocycles. The molecule has 0 amide bonds. The molecule has 1 unspecified atom stereocenters. The summed E-state index contributed by atoms with van der Waals surface area (Å²) in [5, 5.41) is 7.32. The van der Waals surface area contributed by atoms with Crippen LogP contribution >= 0.6 is 0 Å². The summed E-state index contributed by atoms with van der Waals surface area (Å²) in [5.74, 6) is 0. The van der Waals surface area contributed by atoms with Gasteiger partial charge < -0.3 is 4.90 Å². The molecular formula is C32H44F2N2. The van der Waals surface area contributed by atoms with Gasteiger partial charge in [-0.3, -0.25) is 0 Å². The third kappa shape index (κ3) is 6.94. The van der Waals surface area contributed by atoms with Crippen LogP contribution in [0.25, 0.3) is 0 Å². The van der Waals surface area contributed by atoms with Crippen molar-refractivity contribution in [2.45, 2.75) is 109 Å². The van der Waals surface area contributed by atoms with Gasteiger partial charge in [-0.05, 0) is 106 Å². The van der Waals surface area contributed by atoms with Gasteiger partial charge in [0.05, 0.1) is 6.07 Å². The van der Waals surface area contributed by atoms with E-state index in [2.05, 4.69) is 49.1 Å². The number of alkyl halides is 2. The van der Waals surface area contributed by atoms with Crippen molar-refractivity contribution >= 4 is 0 Å². The maximum Gasteiger partial charge on any atom is 0.136 e. The molecule has 196 valence electrons. The normalized spacial score (nSPS) is 18.9. The molecule has 0 saturated heterocycles. The van der Waals surface area contributed by atoms with Crippen LogP contribution in [-0.4, -0.2) is 24.0 Å². The summed E-state index contributed by atoms with van der Waals surface area (Å²) in [4.78, 5) is 2.51. The summed E-state index contributed by atoms with van der Waals surface area (Å²) >= 11 is 0. The molecule has 0 N–H and O–H groups in total. The van der Waals surface area contributed by atoms with Gasteiger partial charge in [-0.25, -0.2) is 8.78 Å². The lowest BCUT2D eigenvalue weighted by Crippen LogP contribution is -2.35. The molecule has 2 fully saturated rings. The molecule has 4 heteroatoms. The van der Waals surface area contributed by atoms with Gasteiger partial charge in [-0.1, -0.05) is 55.5 Å². The van der Waals surface area contributed by atoms with Gasteiger partial charge in [0.15, 0.2) is 0 Å². The fourth-order valence-electron chi connectivity index (χ4n) is 6.25. The van der Waals surface area contributed by atoms with Crippen LogP contribution in [0.1, 0.15) is 101 Å². The van der Waals surface area contributed by atoms with Crippen LogP contribution < -0.4 is 0 Å². The predicted octanol–water partition coefficient (Wildman–Crippen LogP) is 8.58. The monoisotopic (exact) mass is 494 g/mol. The minimum Gasteiger partial charge on any atom is -0.301 e. The van der Waals surface area contributed by atoms with E-state index in [1.54, 1.807) is 6.07 Å². The van der Waals surface area contributed by atoms with E-state index < -0.39 is 11.3 Å². The Hall–Kier alpha value is -2.25. The average molecular weight is 495 g/mol. The second-order valence-electron chi connectivity index (χ2n) is 10.7. The molecule has 0 spiro atoms. The lowest BCUT2D eigenvalue weighted by atomic mass is 9.80. The highest BCUT2D eigenvalue weighted by molar-refractivity contribution is 5.43. The maximum absolute atomic E-state index is 16.0. The van der Waals surface area contributed by atoms with Gasteiger partial charge in [0.2, 0.25) is 0 Å². The minimum absolute atomic E-state index is 0.373. The van der Waals surface area contributed by atoms with Crippen LogP contribution in [0.4, 0.5) is 8.78 Å². The van der Waals surface area contributed by atoms with Crippen LogP contribution in [0.5, 0.6) is 0 Å². The number of nitrogens with zero attached hydrogens (tertiary/aromatic N) is 2. The molecular weight excluding hydrogens is 450 g/mol. The number of hydrogen-bond donors (Lipinski definition) is 0. The van der Waals surface area contributed by atoms with Crippen LogP contribution in [-0.2, 0) is 24.2 Å². The quantitative estimate of drug-likeness (QED) is 0.331. The van der Waals surface area contributed by atoms with Crippen molar-refractivity contribution in [1.82, 2.24) is 4.90 Å². The third-order valence-corrected chi connectivity index (χ3v) is 8.31. The first kappa shape index (κ1) is 28.3. The number of hydrogen-bond acceptors (Lipinski definition) is 2. The standard InChI is InChI=1S/C30H41F2N.C2H3N/c1-3-33(23-18-25-12-5-4-6-13-25)24(2)16-17-26-27(29(31)19-7-8-20-29)14-11-15-28(26)30(32)21-9-10-22-30;1-2-3/h4-6,11-15,24H,3,7-10,16-23H2,1-2H3;1H3. The highest BCUT2D eigenvalue weighted by Gasteiger charge is 2.42. The Labute approximate surface area is 217 Å². The molecule has 2 nitrogen and oxygen atoms in total. The van der Waals surface area contributed by atoms with Gasteiger partial charge in [0.25, 0.3) is 0 Å². The summed E-state index contributed by atoms with van der Waals surface area (Å²) < 4.78 is 32.0. The molecule has 2 aliphatic rings. The van der Waals surface area contributed by atoms with Crippen LogP contribution in [0.2, 0.25) is 0 Å². The number of likely N-dealkylation sites (N-methyl/N-ethyl adjacent to an activating group) is 1. The van der Waals surface area contributed by atoms with E-state index in [9.17, 15) is 0 Å². The highest BCUT2D eigenvalue weighted by atomic mass is 19.1. The average Bonchev–Trinajstić information content (AvgIpc) is 3.54. The fraction of sp³-hybridized carbons (Fsp3) is 0.594. The smallest absolute Gasteiger partial charge is 0.136 e. The van der Waals surface area contributed by atoms with Gasteiger partial charge in [0.1, 0.15) is 11.3 Å². The molecule has 2 saturated carbocycles. The number of rotatable bonds is 10. The number of benzene rings is 2.